The lowest BCUT2D eigenvalue weighted by Crippen LogP contribution is -2.06. The first-order chi connectivity index (χ1) is 14.6. The zero-order chi connectivity index (χ0) is 20.9. The molecule has 4 rings (SSSR count). The van der Waals surface area contributed by atoms with E-state index in [4.69, 9.17) is 10.8 Å². The average Bonchev–Trinajstić information content (AvgIpc) is 3.45. The van der Waals surface area contributed by atoms with E-state index in [1.165, 1.54) is 0 Å². The number of rotatable bonds is 10. The Morgan fingerprint density at radius 3 is 2.73 bits per heavy atom. The van der Waals surface area contributed by atoms with Crippen LogP contribution in [0, 0.1) is 0 Å². The van der Waals surface area contributed by atoms with E-state index in [-0.39, 0.29) is 6.42 Å². The Morgan fingerprint density at radius 2 is 1.90 bits per heavy atom. The van der Waals surface area contributed by atoms with E-state index in [2.05, 4.69) is 35.8 Å². The molecule has 4 aromatic rings. The van der Waals surface area contributed by atoms with Crippen molar-refractivity contribution in [2.75, 3.05) is 11.9 Å². The van der Waals surface area contributed by atoms with Crippen molar-refractivity contribution < 1.29 is 9.90 Å². The van der Waals surface area contributed by atoms with Gasteiger partial charge in [-0.25, -0.2) is 9.97 Å². The highest BCUT2D eigenvalue weighted by atomic mass is 16.4. The zero-order valence-electron chi connectivity index (χ0n) is 16.1. The number of nitrogens with two attached hydrogens (primary N) is 1. The number of hydrogen-bond donors (Lipinski definition) is 3. The number of hydrogen-bond acceptors (Lipinski definition) is 9. The molecule has 0 saturated heterocycles. The molecule has 4 aromatic heterocycles. The van der Waals surface area contributed by atoms with Crippen LogP contribution < -0.4 is 11.1 Å². The third kappa shape index (κ3) is 4.41. The molecule has 0 aliphatic rings. The van der Waals surface area contributed by atoms with Gasteiger partial charge in [0.2, 0.25) is 11.3 Å². The Kier molecular flexibility index (Phi) is 5.61. The van der Waals surface area contributed by atoms with E-state index in [1.54, 1.807) is 38.8 Å². The molecule has 156 valence electrons. The number of aromatic nitrogens is 9. The number of aryl methyl sites for hydroxylation is 2. The van der Waals surface area contributed by atoms with Crippen LogP contribution in [0.2, 0.25) is 0 Å². The molecule has 4 heterocycles. The normalized spacial score (nSPS) is 11.2. The molecule has 13 heteroatoms. The Balaban J connectivity index is 1.50. The molecule has 0 radical (unpaired) electrons. The van der Waals surface area contributed by atoms with Gasteiger partial charge >= 0.3 is 5.97 Å². The van der Waals surface area contributed by atoms with E-state index in [1.807, 2.05) is 6.20 Å². The fourth-order valence-corrected chi connectivity index (χ4v) is 2.88. The largest absolute Gasteiger partial charge is 0.481 e. The second kappa shape index (κ2) is 8.65. The first kappa shape index (κ1) is 19.4. The van der Waals surface area contributed by atoms with Crippen LogP contribution in [0.3, 0.4) is 0 Å². The van der Waals surface area contributed by atoms with Crippen molar-refractivity contribution in [3.8, 4) is 5.69 Å². The van der Waals surface area contributed by atoms with Gasteiger partial charge in [0.15, 0.2) is 5.82 Å². The second-order valence-corrected chi connectivity index (χ2v) is 6.62. The Labute approximate surface area is 170 Å². The molecule has 30 heavy (non-hydrogen) atoms. The molecule has 4 N–H and O–H groups in total. The van der Waals surface area contributed by atoms with E-state index in [0.29, 0.717) is 42.3 Å². The molecule has 0 fully saturated rings. The number of carboxylic acids is 1. The van der Waals surface area contributed by atoms with Crippen molar-refractivity contribution in [2.45, 2.75) is 32.4 Å². The number of aliphatic carboxylic acids is 1. The number of anilines is 2. The standard InChI is InChI=1S/C17H21N11O2/c18-4-2-6-27-11-13(8-21-27)28-17-16(24-25-28)19-9-14(23-17)22-12-7-20-26(10-12)5-1-3-15(29)30/h7-11H,1-6,18H2,(H,22,23)(H,29,30). The van der Waals surface area contributed by atoms with Crippen LogP contribution in [0.25, 0.3) is 17.0 Å². The van der Waals surface area contributed by atoms with Crippen molar-refractivity contribution in [1.82, 2.24) is 44.5 Å². The summed E-state index contributed by atoms with van der Waals surface area (Å²) in [4.78, 5) is 19.5. The number of carbonyl (C=O) groups is 1. The van der Waals surface area contributed by atoms with E-state index in [9.17, 15) is 4.79 Å². The molecular formula is C17H21N11O2. The predicted octanol–water partition coefficient (Wildman–Crippen LogP) is 0.561. The lowest BCUT2D eigenvalue weighted by Gasteiger charge is -2.03. The van der Waals surface area contributed by atoms with E-state index < -0.39 is 5.97 Å². The molecular weight excluding hydrogens is 390 g/mol. The van der Waals surface area contributed by atoms with Crippen LogP contribution >= 0.6 is 0 Å². The van der Waals surface area contributed by atoms with Gasteiger partial charge in [-0.15, -0.1) is 5.10 Å². The molecule has 0 spiro atoms. The summed E-state index contributed by atoms with van der Waals surface area (Å²) in [5, 5.41) is 28.6. The van der Waals surface area contributed by atoms with Crippen LogP contribution in [0.1, 0.15) is 19.3 Å². The summed E-state index contributed by atoms with van der Waals surface area (Å²) in [7, 11) is 0. The summed E-state index contributed by atoms with van der Waals surface area (Å²) in [6, 6.07) is 0. The smallest absolute Gasteiger partial charge is 0.303 e. The minimum Gasteiger partial charge on any atom is -0.481 e. The summed E-state index contributed by atoms with van der Waals surface area (Å²) >= 11 is 0. The van der Waals surface area contributed by atoms with Crippen LogP contribution in [0.4, 0.5) is 11.5 Å². The van der Waals surface area contributed by atoms with Gasteiger partial charge in [0.05, 0.1) is 30.5 Å². The van der Waals surface area contributed by atoms with E-state index in [0.717, 1.165) is 18.7 Å². The van der Waals surface area contributed by atoms with Crippen molar-refractivity contribution in [3.63, 3.8) is 0 Å². The Bertz CT molecular complexity index is 1150. The molecule has 0 aliphatic heterocycles. The highest BCUT2D eigenvalue weighted by Gasteiger charge is 2.12. The quantitative estimate of drug-likeness (QED) is 0.335. The van der Waals surface area contributed by atoms with Gasteiger partial charge < -0.3 is 16.2 Å². The minimum absolute atomic E-state index is 0.102. The lowest BCUT2D eigenvalue weighted by molar-refractivity contribution is -0.137. The van der Waals surface area contributed by atoms with Crippen molar-refractivity contribution in [1.29, 1.82) is 0 Å². The molecule has 0 saturated carbocycles. The molecule has 0 aliphatic carbocycles. The summed E-state index contributed by atoms with van der Waals surface area (Å²) < 4.78 is 5.05. The lowest BCUT2D eigenvalue weighted by atomic mass is 10.3. The maximum atomic E-state index is 10.6. The average molecular weight is 411 g/mol. The number of carboxylic acid groups (broad SMARTS) is 1. The summed E-state index contributed by atoms with van der Waals surface area (Å²) in [6.45, 7) is 1.83. The molecule has 0 atom stereocenters. The topological polar surface area (TPSA) is 167 Å². The fourth-order valence-electron chi connectivity index (χ4n) is 2.88. The van der Waals surface area contributed by atoms with E-state index >= 15 is 0 Å². The number of nitrogens with zero attached hydrogens (tertiary/aromatic N) is 9. The highest BCUT2D eigenvalue weighted by Crippen LogP contribution is 2.18. The summed E-state index contributed by atoms with van der Waals surface area (Å²) in [6.07, 6.45) is 9.97. The maximum absolute atomic E-state index is 10.6. The third-order valence-electron chi connectivity index (χ3n) is 4.30. The van der Waals surface area contributed by atoms with Crippen LogP contribution in [0.15, 0.2) is 31.0 Å². The van der Waals surface area contributed by atoms with Crippen LogP contribution in [0.5, 0.6) is 0 Å². The second-order valence-electron chi connectivity index (χ2n) is 6.62. The predicted molar refractivity (Wildman–Crippen MR) is 106 cm³/mol. The zero-order valence-corrected chi connectivity index (χ0v) is 16.1. The van der Waals surface area contributed by atoms with Gasteiger partial charge in [0.1, 0.15) is 5.69 Å². The number of nitrogens with one attached hydrogen (secondary N) is 1. The first-order valence-corrected chi connectivity index (χ1v) is 9.45. The molecule has 13 nitrogen and oxygen atoms in total. The Morgan fingerprint density at radius 1 is 1.10 bits per heavy atom. The Hall–Kier alpha value is -3.87. The van der Waals surface area contributed by atoms with Gasteiger partial charge in [-0.2, -0.15) is 14.9 Å². The fraction of sp³-hybridized carbons (Fsp3) is 0.353. The summed E-state index contributed by atoms with van der Waals surface area (Å²) in [5.74, 6) is -0.314. The van der Waals surface area contributed by atoms with Crippen LogP contribution in [-0.2, 0) is 17.9 Å². The van der Waals surface area contributed by atoms with Crippen molar-refractivity contribution >= 4 is 28.8 Å². The monoisotopic (exact) mass is 411 g/mol. The van der Waals surface area contributed by atoms with Crippen molar-refractivity contribution in [3.05, 3.63) is 31.0 Å². The third-order valence-corrected chi connectivity index (χ3v) is 4.30. The number of fused-ring (bicyclic) bond motifs is 1. The minimum atomic E-state index is -0.820. The van der Waals surface area contributed by atoms with Gasteiger partial charge in [0.25, 0.3) is 0 Å². The molecule has 0 aromatic carbocycles. The molecule has 0 bridgehead atoms. The van der Waals surface area contributed by atoms with Gasteiger partial charge in [-0.05, 0) is 19.4 Å². The van der Waals surface area contributed by atoms with Gasteiger partial charge in [-0.3, -0.25) is 14.2 Å². The summed E-state index contributed by atoms with van der Waals surface area (Å²) in [5.41, 5.74) is 7.90. The SMILES string of the molecule is NCCCn1cc(-n2nnc3ncc(Nc4cnn(CCCC(=O)O)c4)nc32)cn1. The van der Waals surface area contributed by atoms with Crippen molar-refractivity contribution in [2.24, 2.45) is 5.73 Å². The first-order valence-electron chi connectivity index (χ1n) is 9.45. The highest BCUT2D eigenvalue weighted by molar-refractivity contribution is 5.70. The van der Waals surface area contributed by atoms with Crippen LogP contribution in [-0.4, -0.2) is 62.1 Å². The maximum Gasteiger partial charge on any atom is 0.303 e. The van der Waals surface area contributed by atoms with Gasteiger partial charge in [-0.1, -0.05) is 5.21 Å². The molecule has 0 unspecified atom stereocenters. The van der Waals surface area contributed by atoms with Gasteiger partial charge in [0, 0.05) is 25.7 Å². The molecule has 0 amide bonds.